The fraction of sp³-hybridized carbons (Fsp3) is 0.182. The van der Waals surface area contributed by atoms with Crippen LogP contribution < -0.4 is 20.5 Å². The Morgan fingerprint density at radius 3 is 2.63 bits per heavy atom. The van der Waals surface area contributed by atoms with Gasteiger partial charge in [-0.2, -0.15) is 23.1 Å². The summed E-state index contributed by atoms with van der Waals surface area (Å²) >= 11 is 0. The highest BCUT2D eigenvalue weighted by Gasteiger charge is 2.30. The van der Waals surface area contributed by atoms with E-state index >= 15 is 0 Å². The number of aromatic nitrogens is 5. The van der Waals surface area contributed by atoms with Crippen molar-refractivity contribution in [1.82, 2.24) is 25.1 Å². The Labute approximate surface area is 197 Å². The van der Waals surface area contributed by atoms with Gasteiger partial charge in [0.2, 0.25) is 11.8 Å². The normalized spacial score (nSPS) is 11.3. The van der Waals surface area contributed by atoms with Crippen molar-refractivity contribution >= 4 is 17.5 Å². The molecule has 0 unspecified atom stereocenters. The Hall–Kier alpha value is -4.39. The van der Waals surface area contributed by atoms with Crippen LogP contribution in [0.4, 0.5) is 30.6 Å². The van der Waals surface area contributed by atoms with Crippen LogP contribution in [-0.4, -0.2) is 45.5 Å². The van der Waals surface area contributed by atoms with E-state index in [1.54, 1.807) is 31.4 Å². The number of hydrogen-bond acceptors (Lipinski definition) is 9. The third kappa shape index (κ3) is 6.35. The van der Waals surface area contributed by atoms with Gasteiger partial charge in [-0.15, -0.1) is 10.2 Å². The van der Waals surface area contributed by atoms with Crippen molar-refractivity contribution in [2.45, 2.75) is 6.18 Å². The molecule has 2 heterocycles. The van der Waals surface area contributed by atoms with Crippen molar-refractivity contribution in [2.24, 2.45) is 0 Å². The largest absolute Gasteiger partial charge is 0.461 e. The molecule has 0 aliphatic carbocycles. The van der Waals surface area contributed by atoms with Gasteiger partial charge in [-0.05, 0) is 30.3 Å². The minimum Gasteiger partial charge on any atom is -0.461 e. The fourth-order valence-electron chi connectivity index (χ4n) is 2.94. The molecule has 10 nitrogen and oxygen atoms in total. The predicted molar refractivity (Wildman–Crippen MR) is 120 cm³/mol. The zero-order valence-corrected chi connectivity index (χ0v) is 18.3. The maximum atomic E-state index is 12.9. The fourth-order valence-corrected chi connectivity index (χ4v) is 2.94. The van der Waals surface area contributed by atoms with Gasteiger partial charge >= 0.3 is 12.2 Å². The van der Waals surface area contributed by atoms with E-state index in [0.29, 0.717) is 23.7 Å². The minimum absolute atomic E-state index is 0.0498. The van der Waals surface area contributed by atoms with Crippen molar-refractivity contribution in [2.75, 3.05) is 31.4 Å². The van der Waals surface area contributed by atoms with E-state index in [9.17, 15) is 13.2 Å². The van der Waals surface area contributed by atoms with Crippen molar-refractivity contribution in [1.29, 1.82) is 0 Å². The monoisotopic (exact) mass is 487 g/mol. The van der Waals surface area contributed by atoms with Crippen LogP contribution in [0.2, 0.25) is 0 Å². The van der Waals surface area contributed by atoms with E-state index in [1.165, 1.54) is 18.2 Å². The van der Waals surface area contributed by atoms with Crippen LogP contribution in [0.1, 0.15) is 5.56 Å². The predicted octanol–water partition coefficient (Wildman–Crippen LogP) is 4.42. The number of nitrogens with one attached hydrogen (secondary N) is 2. The van der Waals surface area contributed by atoms with Crippen molar-refractivity contribution in [3.63, 3.8) is 0 Å². The van der Waals surface area contributed by atoms with E-state index in [0.717, 1.165) is 12.1 Å². The molecule has 0 aliphatic rings. The zero-order valence-electron chi connectivity index (χ0n) is 18.3. The number of alkyl halides is 3. The molecule has 0 spiro atoms. The van der Waals surface area contributed by atoms with Gasteiger partial charge in [0, 0.05) is 24.4 Å². The molecular formula is C22H20F3N7O3. The summed E-state index contributed by atoms with van der Waals surface area (Å²) in [6, 6.07) is 13.1. The molecule has 0 atom stereocenters. The molecule has 0 bridgehead atoms. The second-order valence-corrected chi connectivity index (χ2v) is 7.11. The molecule has 0 fully saturated rings. The Bertz CT molecular complexity index is 1300. The number of nitrogen functional groups attached to an aromatic ring is 1. The van der Waals surface area contributed by atoms with Gasteiger partial charge in [-0.3, -0.25) is 0 Å². The number of rotatable bonds is 9. The molecule has 4 N–H and O–H groups in total. The number of methoxy groups -OCH3 is 1. The molecule has 4 rings (SSSR count). The molecule has 2 aromatic carbocycles. The highest BCUT2D eigenvalue weighted by molar-refractivity contribution is 5.61. The molecular weight excluding hydrogens is 467 g/mol. The van der Waals surface area contributed by atoms with Gasteiger partial charge in [0.1, 0.15) is 18.2 Å². The summed E-state index contributed by atoms with van der Waals surface area (Å²) < 4.78 is 54.9. The van der Waals surface area contributed by atoms with Crippen LogP contribution in [0.3, 0.4) is 0 Å². The Balaban J connectivity index is 1.48. The second kappa shape index (κ2) is 10.3. The highest BCUT2D eigenvalue weighted by atomic mass is 19.4. The molecule has 182 valence electrons. The van der Waals surface area contributed by atoms with Gasteiger partial charge in [0.05, 0.1) is 12.2 Å². The average molecular weight is 487 g/mol. The summed E-state index contributed by atoms with van der Waals surface area (Å²) in [6.45, 7) is 0.607. The molecule has 2 aromatic heterocycles. The molecule has 4 aromatic rings. The number of ether oxygens (including phenoxy) is 3. The van der Waals surface area contributed by atoms with E-state index < -0.39 is 11.7 Å². The number of nitrogens with two attached hydrogens (primary N) is 1. The summed E-state index contributed by atoms with van der Waals surface area (Å²) in [5, 5.41) is 10.8. The lowest BCUT2D eigenvalue weighted by molar-refractivity contribution is -0.137. The lowest BCUT2D eigenvalue weighted by atomic mass is 10.2. The molecule has 0 aliphatic heterocycles. The SMILES string of the molecule is COCCOc1nc(N)cc(Oc2cccc(-c3nnc(Nc4cccc(C(F)(F)F)c4)[nH]3)c2)n1. The zero-order chi connectivity index (χ0) is 24.8. The average Bonchev–Trinajstić information content (AvgIpc) is 3.27. The Morgan fingerprint density at radius 2 is 1.83 bits per heavy atom. The van der Waals surface area contributed by atoms with E-state index in [2.05, 4.69) is 30.5 Å². The maximum absolute atomic E-state index is 12.9. The number of hydrogen-bond donors (Lipinski definition) is 3. The molecule has 13 heteroatoms. The van der Waals surface area contributed by atoms with Crippen LogP contribution in [0.5, 0.6) is 17.6 Å². The number of anilines is 3. The third-order valence-corrected chi connectivity index (χ3v) is 4.49. The lowest BCUT2D eigenvalue weighted by Gasteiger charge is -2.09. The Morgan fingerprint density at radius 1 is 1.00 bits per heavy atom. The Kier molecular flexibility index (Phi) is 6.96. The first-order valence-electron chi connectivity index (χ1n) is 10.2. The first kappa shape index (κ1) is 23.8. The van der Waals surface area contributed by atoms with Crippen LogP contribution in [0.15, 0.2) is 54.6 Å². The van der Waals surface area contributed by atoms with E-state index in [1.807, 2.05) is 0 Å². The van der Waals surface area contributed by atoms with Crippen molar-refractivity contribution < 1.29 is 27.4 Å². The lowest BCUT2D eigenvalue weighted by Crippen LogP contribution is -2.08. The van der Waals surface area contributed by atoms with E-state index in [4.69, 9.17) is 19.9 Å². The van der Waals surface area contributed by atoms with Gasteiger partial charge in [-0.1, -0.05) is 18.2 Å². The summed E-state index contributed by atoms with van der Waals surface area (Å²) in [7, 11) is 1.55. The standard InChI is InChI=1S/C22H20F3N7O3/c1-33-8-9-34-21-28-17(26)12-18(29-21)35-16-7-2-4-13(10-16)19-30-20(32-31-19)27-15-6-3-5-14(11-15)22(23,24)25/h2-7,10-12H,8-9H2,1H3,(H2,26,28,29)(H2,27,30,31,32). The number of halogens is 3. The number of nitrogens with zero attached hydrogens (tertiary/aromatic N) is 4. The highest BCUT2D eigenvalue weighted by Crippen LogP contribution is 2.31. The quantitative estimate of drug-likeness (QED) is 0.293. The molecule has 35 heavy (non-hydrogen) atoms. The van der Waals surface area contributed by atoms with Crippen LogP contribution >= 0.6 is 0 Å². The first-order valence-corrected chi connectivity index (χ1v) is 10.2. The van der Waals surface area contributed by atoms with Gasteiger partial charge in [-0.25, -0.2) is 0 Å². The molecule has 0 radical (unpaired) electrons. The number of H-pyrrole nitrogens is 1. The maximum Gasteiger partial charge on any atom is 0.416 e. The number of benzene rings is 2. The van der Waals surface area contributed by atoms with Gasteiger partial charge in [0.15, 0.2) is 5.82 Å². The number of aromatic amines is 1. The second-order valence-electron chi connectivity index (χ2n) is 7.11. The van der Waals surface area contributed by atoms with Gasteiger partial charge < -0.3 is 30.2 Å². The topological polar surface area (TPSA) is 133 Å². The summed E-state index contributed by atoms with van der Waals surface area (Å²) in [4.78, 5) is 11.1. The smallest absolute Gasteiger partial charge is 0.416 e. The van der Waals surface area contributed by atoms with Crippen LogP contribution in [-0.2, 0) is 10.9 Å². The summed E-state index contributed by atoms with van der Waals surface area (Å²) in [5.41, 5.74) is 5.86. The molecule has 0 amide bonds. The minimum atomic E-state index is -4.45. The summed E-state index contributed by atoms with van der Waals surface area (Å²) in [5.74, 6) is 1.31. The van der Waals surface area contributed by atoms with Gasteiger partial charge in [0.25, 0.3) is 0 Å². The first-order chi connectivity index (χ1) is 16.8. The molecule has 0 saturated carbocycles. The van der Waals surface area contributed by atoms with Crippen LogP contribution in [0, 0.1) is 0 Å². The van der Waals surface area contributed by atoms with Crippen LogP contribution in [0.25, 0.3) is 11.4 Å². The third-order valence-electron chi connectivity index (χ3n) is 4.49. The molecule has 0 saturated heterocycles. The van der Waals surface area contributed by atoms with Crippen molar-refractivity contribution in [3.8, 4) is 29.0 Å². The van der Waals surface area contributed by atoms with Crippen molar-refractivity contribution in [3.05, 3.63) is 60.2 Å². The summed E-state index contributed by atoms with van der Waals surface area (Å²) in [6.07, 6.45) is -4.45. The van der Waals surface area contributed by atoms with E-state index in [-0.39, 0.29) is 36.0 Å².